The quantitative estimate of drug-likeness (QED) is 0.746. The zero-order valence-electron chi connectivity index (χ0n) is 13.0. The van der Waals surface area contributed by atoms with Crippen molar-refractivity contribution in [1.29, 1.82) is 0 Å². The fourth-order valence-electron chi connectivity index (χ4n) is 2.80. The summed E-state index contributed by atoms with van der Waals surface area (Å²) in [6.07, 6.45) is 2.85. The van der Waals surface area contributed by atoms with Crippen LogP contribution in [0.1, 0.15) is 24.8 Å². The molecule has 1 fully saturated rings. The first-order chi connectivity index (χ1) is 10.7. The smallest absolute Gasteiger partial charge is 0.225 e. The van der Waals surface area contributed by atoms with Gasteiger partial charge in [0.1, 0.15) is 0 Å². The Kier molecular flexibility index (Phi) is 6.40. The molecule has 2 rings (SSSR count). The van der Waals surface area contributed by atoms with Gasteiger partial charge in [0, 0.05) is 20.1 Å². The van der Waals surface area contributed by atoms with Crippen LogP contribution < -0.4 is 10.6 Å². The number of ether oxygens (including phenoxy) is 1. The lowest BCUT2D eigenvalue weighted by Gasteiger charge is -2.30. The van der Waals surface area contributed by atoms with Crippen LogP contribution in [0, 0.1) is 5.92 Å². The maximum atomic E-state index is 12.3. The Morgan fingerprint density at radius 1 is 1.36 bits per heavy atom. The zero-order chi connectivity index (χ0) is 15.8. The van der Waals surface area contributed by atoms with Crippen LogP contribution in [0.4, 0.5) is 0 Å². The monoisotopic (exact) mass is 304 g/mol. The Morgan fingerprint density at radius 2 is 2.14 bits per heavy atom. The number of benzene rings is 1. The van der Waals surface area contributed by atoms with E-state index in [9.17, 15) is 9.59 Å². The third kappa shape index (κ3) is 4.84. The lowest BCUT2D eigenvalue weighted by atomic mass is 9.90. The molecule has 0 unspecified atom stereocenters. The molecule has 1 aromatic rings. The van der Waals surface area contributed by atoms with Crippen molar-refractivity contribution < 1.29 is 14.3 Å². The fraction of sp³-hybridized carbons (Fsp3) is 0.529. The van der Waals surface area contributed by atoms with E-state index in [4.69, 9.17) is 4.74 Å². The average molecular weight is 304 g/mol. The van der Waals surface area contributed by atoms with Gasteiger partial charge in [-0.1, -0.05) is 30.3 Å². The molecular weight excluding hydrogens is 280 g/mol. The minimum atomic E-state index is -0.222. The van der Waals surface area contributed by atoms with E-state index in [0.717, 1.165) is 12.8 Å². The summed E-state index contributed by atoms with van der Waals surface area (Å²) < 4.78 is 5.10. The standard InChI is InChI=1S/C17H24N2O3/c1-22-12-15-14(9-10-16(20)19-15)17(21)18-11-5-8-13-6-3-2-4-7-13/h2-4,6-7,14-15H,5,8-12H2,1H3,(H,18,21)(H,19,20)/t14-,15-/m1/s1. The lowest BCUT2D eigenvalue weighted by molar-refractivity contribution is -0.132. The van der Waals surface area contributed by atoms with Crippen LogP contribution in [0.25, 0.3) is 0 Å². The van der Waals surface area contributed by atoms with Crippen LogP contribution in [0.5, 0.6) is 0 Å². The van der Waals surface area contributed by atoms with E-state index < -0.39 is 0 Å². The van der Waals surface area contributed by atoms with Gasteiger partial charge < -0.3 is 15.4 Å². The van der Waals surface area contributed by atoms with Gasteiger partial charge in [-0.25, -0.2) is 0 Å². The molecule has 0 aliphatic carbocycles. The first-order valence-corrected chi connectivity index (χ1v) is 7.80. The molecule has 2 N–H and O–H groups in total. The zero-order valence-corrected chi connectivity index (χ0v) is 13.0. The predicted molar refractivity (Wildman–Crippen MR) is 84.3 cm³/mol. The molecule has 1 saturated heterocycles. The summed E-state index contributed by atoms with van der Waals surface area (Å²) in [6.45, 7) is 1.02. The number of amides is 2. The Hall–Kier alpha value is -1.88. The summed E-state index contributed by atoms with van der Waals surface area (Å²) in [5, 5.41) is 5.82. The summed E-state index contributed by atoms with van der Waals surface area (Å²) >= 11 is 0. The molecule has 0 radical (unpaired) electrons. The molecule has 1 aromatic carbocycles. The number of aryl methyl sites for hydroxylation is 1. The topological polar surface area (TPSA) is 67.4 Å². The van der Waals surface area contributed by atoms with Crippen LogP contribution in [-0.2, 0) is 20.7 Å². The van der Waals surface area contributed by atoms with Gasteiger partial charge in [0.2, 0.25) is 11.8 Å². The number of carbonyl (C=O) groups excluding carboxylic acids is 2. The Bertz CT molecular complexity index is 490. The van der Waals surface area contributed by atoms with E-state index in [-0.39, 0.29) is 23.8 Å². The molecule has 0 aromatic heterocycles. The summed E-state index contributed by atoms with van der Waals surface area (Å²) in [5.41, 5.74) is 1.28. The molecule has 2 atom stereocenters. The molecule has 2 amide bonds. The van der Waals surface area contributed by atoms with E-state index in [1.165, 1.54) is 5.56 Å². The predicted octanol–water partition coefficient (Wildman–Crippen LogP) is 1.28. The van der Waals surface area contributed by atoms with Gasteiger partial charge in [-0.15, -0.1) is 0 Å². The SMILES string of the molecule is COC[C@H]1NC(=O)CC[C@H]1C(=O)NCCCc1ccccc1. The number of rotatable bonds is 7. The van der Waals surface area contributed by atoms with Gasteiger partial charge in [0.05, 0.1) is 18.6 Å². The van der Waals surface area contributed by atoms with E-state index in [2.05, 4.69) is 22.8 Å². The maximum Gasteiger partial charge on any atom is 0.225 e. The van der Waals surface area contributed by atoms with Crippen molar-refractivity contribution in [2.45, 2.75) is 31.7 Å². The molecule has 5 nitrogen and oxygen atoms in total. The molecule has 0 spiro atoms. The third-order valence-corrected chi connectivity index (χ3v) is 3.98. The molecule has 1 aliphatic heterocycles. The first kappa shape index (κ1) is 16.5. The number of hydrogen-bond donors (Lipinski definition) is 2. The van der Waals surface area contributed by atoms with E-state index in [0.29, 0.717) is 26.0 Å². The van der Waals surface area contributed by atoms with Crippen LogP contribution in [0.3, 0.4) is 0 Å². The average Bonchev–Trinajstić information content (AvgIpc) is 2.53. The second-order valence-electron chi connectivity index (χ2n) is 5.65. The highest BCUT2D eigenvalue weighted by Gasteiger charge is 2.33. The molecule has 120 valence electrons. The normalized spacial score (nSPS) is 21.2. The molecule has 0 saturated carbocycles. The summed E-state index contributed by atoms with van der Waals surface area (Å²) in [7, 11) is 1.58. The minimum Gasteiger partial charge on any atom is -0.383 e. The van der Waals surface area contributed by atoms with E-state index in [1.807, 2.05) is 18.2 Å². The Labute approximate surface area is 131 Å². The highest BCUT2D eigenvalue weighted by atomic mass is 16.5. The van der Waals surface area contributed by atoms with Gasteiger partial charge >= 0.3 is 0 Å². The van der Waals surface area contributed by atoms with Crippen molar-refractivity contribution in [2.24, 2.45) is 5.92 Å². The van der Waals surface area contributed by atoms with Crippen molar-refractivity contribution >= 4 is 11.8 Å². The number of methoxy groups -OCH3 is 1. The molecular formula is C17H24N2O3. The molecule has 0 bridgehead atoms. The highest BCUT2D eigenvalue weighted by molar-refractivity contribution is 5.84. The summed E-state index contributed by atoms with van der Waals surface area (Å²) in [5.74, 6) is -0.195. The second-order valence-corrected chi connectivity index (χ2v) is 5.65. The lowest BCUT2D eigenvalue weighted by Crippen LogP contribution is -2.52. The van der Waals surface area contributed by atoms with Crippen LogP contribution in [-0.4, -0.2) is 38.1 Å². The summed E-state index contributed by atoms with van der Waals surface area (Å²) in [6, 6.07) is 10.0. The third-order valence-electron chi connectivity index (χ3n) is 3.98. The number of hydrogen-bond acceptors (Lipinski definition) is 3. The fourth-order valence-corrected chi connectivity index (χ4v) is 2.80. The van der Waals surface area contributed by atoms with Gasteiger partial charge in [0.25, 0.3) is 0 Å². The second kappa shape index (κ2) is 8.54. The van der Waals surface area contributed by atoms with Gasteiger partial charge in [-0.3, -0.25) is 9.59 Å². The number of piperidine rings is 1. The van der Waals surface area contributed by atoms with Crippen molar-refractivity contribution in [3.05, 3.63) is 35.9 Å². The minimum absolute atomic E-state index is 0.00447. The molecule has 1 aliphatic rings. The van der Waals surface area contributed by atoms with Crippen molar-refractivity contribution in [3.8, 4) is 0 Å². The highest BCUT2D eigenvalue weighted by Crippen LogP contribution is 2.18. The van der Waals surface area contributed by atoms with Gasteiger partial charge in [-0.05, 0) is 24.8 Å². The molecule has 22 heavy (non-hydrogen) atoms. The number of nitrogens with one attached hydrogen (secondary N) is 2. The Morgan fingerprint density at radius 3 is 2.86 bits per heavy atom. The van der Waals surface area contributed by atoms with Crippen LogP contribution in [0.2, 0.25) is 0 Å². The van der Waals surface area contributed by atoms with Crippen molar-refractivity contribution in [1.82, 2.24) is 10.6 Å². The van der Waals surface area contributed by atoms with Crippen LogP contribution >= 0.6 is 0 Å². The van der Waals surface area contributed by atoms with Crippen LogP contribution in [0.15, 0.2) is 30.3 Å². The van der Waals surface area contributed by atoms with E-state index >= 15 is 0 Å². The molecule has 5 heteroatoms. The first-order valence-electron chi connectivity index (χ1n) is 7.80. The van der Waals surface area contributed by atoms with Crippen molar-refractivity contribution in [3.63, 3.8) is 0 Å². The maximum absolute atomic E-state index is 12.3. The van der Waals surface area contributed by atoms with Crippen molar-refractivity contribution in [2.75, 3.05) is 20.3 Å². The number of carbonyl (C=O) groups is 2. The molecule has 1 heterocycles. The Balaban J connectivity index is 1.74. The van der Waals surface area contributed by atoms with Gasteiger partial charge in [-0.2, -0.15) is 0 Å². The summed E-state index contributed by atoms with van der Waals surface area (Å²) in [4.78, 5) is 23.7. The van der Waals surface area contributed by atoms with E-state index in [1.54, 1.807) is 7.11 Å². The van der Waals surface area contributed by atoms with Gasteiger partial charge in [0.15, 0.2) is 0 Å². The largest absolute Gasteiger partial charge is 0.383 e.